The highest BCUT2D eigenvalue weighted by molar-refractivity contribution is 8.00. The van der Waals surface area contributed by atoms with Gasteiger partial charge in [0.05, 0.1) is 12.0 Å². The fraction of sp³-hybridized carbons (Fsp3) is 0.579. The van der Waals surface area contributed by atoms with Crippen LogP contribution in [0.3, 0.4) is 0 Å². The molecular formula is C19H28N2O3S. The average molecular weight is 365 g/mol. The predicted molar refractivity (Wildman–Crippen MR) is 103 cm³/mol. The van der Waals surface area contributed by atoms with Crippen molar-refractivity contribution in [3.8, 4) is 0 Å². The summed E-state index contributed by atoms with van der Waals surface area (Å²) in [6.45, 7) is 8.58. The summed E-state index contributed by atoms with van der Waals surface area (Å²) in [5, 5.41) is 2.92. The van der Waals surface area contributed by atoms with E-state index in [4.69, 9.17) is 4.74 Å². The van der Waals surface area contributed by atoms with Gasteiger partial charge in [-0.2, -0.15) is 0 Å². The van der Waals surface area contributed by atoms with Gasteiger partial charge in [-0.15, -0.1) is 11.8 Å². The largest absolute Gasteiger partial charge is 0.464 e. The molecule has 2 amide bonds. The number of nitrogens with zero attached hydrogens (tertiary/aromatic N) is 1. The summed E-state index contributed by atoms with van der Waals surface area (Å²) in [6, 6.07) is 6.90. The Morgan fingerprint density at radius 3 is 2.80 bits per heavy atom. The van der Waals surface area contributed by atoms with Crippen molar-refractivity contribution in [3.05, 3.63) is 29.8 Å². The molecule has 1 aromatic rings. The van der Waals surface area contributed by atoms with Crippen molar-refractivity contribution in [2.75, 3.05) is 17.7 Å². The molecular weight excluding hydrogens is 336 g/mol. The lowest BCUT2D eigenvalue weighted by Crippen LogP contribution is -2.48. The first kappa shape index (κ1) is 19.6. The molecule has 0 saturated carbocycles. The van der Waals surface area contributed by atoms with Crippen molar-refractivity contribution in [2.24, 2.45) is 5.92 Å². The molecule has 1 saturated heterocycles. The van der Waals surface area contributed by atoms with E-state index in [9.17, 15) is 9.59 Å². The number of rotatable bonds is 6. The number of nitrogens with one attached hydrogen (secondary N) is 1. The quantitative estimate of drug-likeness (QED) is 0.766. The molecule has 1 heterocycles. The molecule has 2 rings (SSSR count). The molecule has 1 aliphatic rings. The van der Waals surface area contributed by atoms with Crippen molar-refractivity contribution >= 4 is 29.4 Å². The average Bonchev–Trinajstić information content (AvgIpc) is 2.95. The van der Waals surface area contributed by atoms with Crippen LogP contribution in [0.1, 0.15) is 39.2 Å². The zero-order chi connectivity index (χ0) is 18.4. The topological polar surface area (TPSA) is 58.6 Å². The minimum Gasteiger partial charge on any atom is -0.464 e. The molecule has 0 spiro atoms. The SMILES string of the molecule is CCCOC(=O)C1CSC(CC(C)C)N1C(=O)Nc1cccc(C)c1. The Bertz CT molecular complexity index is 606. The molecule has 2 atom stereocenters. The van der Waals surface area contributed by atoms with E-state index in [2.05, 4.69) is 19.2 Å². The number of carbonyl (C=O) groups is 2. The van der Waals surface area contributed by atoms with Gasteiger partial charge < -0.3 is 10.1 Å². The van der Waals surface area contributed by atoms with Crippen LogP contribution >= 0.6 is 11.8 Å². The molecule has 1 aliphatic heterocycles. The number of anilines is 1. The van der Waals surface area contributed by atoms with Crippen LogP contribution in [0.5, 0.6) is 0 Å². The smallest absolute Gasteiger partial charge is 0.329 e. The van der Waals surface area contributed by atoms with Gasteiger partial charge in [0.15, 0.2) is 0 Å². The van der Waals surface area contributed by atoms with E-state index in [0.717, 1.165) is 24.1 Å². The zero-order valence-electron chi connectivity index (χ0n) is 15.5. The van der Waals surface area contributed by atoms with Gasteiger partial charge in [-0.05, 0) is 43.4 Å². The second-order valence-electron chi connectivity index (χ2n) is 6.81. The summed E-state index contributed by atoms with van der Waals surface area (Å²) >= 11 is 1.65. The molecule has 1 N–H and O–H groups in total. The fourth-order valence-electron chi connectivity index (χ4n) is 2.81. The third-order valence-corrected chi connectivity index (χ3v) is 5.30. The molecule has 0 aliphatic carbocycles. The van der Waals surface area contributed by atoms with Crippen molar-refractivity contribution < 1.29 is 14.3 Å². The second-order valence-corrected chi connectivity index (χ2v) is 8.02. The minimum atomic E-state index is -0.523. The maximum atomic E-state index is 12.9. The van der Waals surface area contributed by atoms with E-state index in [-0.39, 0.29) is 17.4 Å². The maximum Gasteiger partial charge on any atom is 0.329 e. The number of aryl methyl sites for hydroxylation is 1. The van der Waals surface area contributed by atoms with Gasteiger partial charge in [0.1, 0.15) is 6.04 Å². The van der Waals surface area contributed by atoms with E-state index in [1.54, 1.807) is 16.7 Å². The summed E-state index contributed by atoms with van der Waals surface area (Å²) in [5.74, 6) is 0.721. The van der Waals surface area contributed by atoms with Gasteiger partial charge in [-0.25, -0.2) is 9.59 Å². The number of hydrogen-bond acceptors (Lipinski definition) is 4. The summed E-state index contributed by atoms with van der Waals surface area (Å²) in [6.07, 6.45) is 1.62. The number of ether oxygens (including phenoxy) is 1. The van der Waals surface area contributed by atoms with E-state index >= 15 is 0 Å². The standard InChI is InChI=1S/C19H28N2O3S/c1-5-9-24-18(22)16-12-25-17(10-13(2)3)21(16)19(23)20-15-8-6-7-14(4)11-15/h6-8,11,13,16-17H,5,9-10,12H2,1-4H3,(H,20,23). The van der Waals surface area contributed by atoms with E-state index < -0.39 is 6.04 Å². The Balaban J connectivity index is 2.15. The van der Waals surface area contributed by atoms with Crippen molar-refractivity contribution in [2.45, 2.75) is 52.0 Å². The highest BCUT2D eigenvalue weighted by Crippen LogP contribution is 2.34. The predicted octanol–water partition coefficient (Wildman–Crippen LogP) is 4.27. The van der Waals surface area contributed by atoms with Gasteiger partial charge >= 0.3 is 12.0 Å². The third-order valence-electron chi connectivity index (χ3n) is 3.99. The Labute approximate surface area is 154 Å². The number of carbonyl (C=O) groups excluding carboxylic acids is 2. The Morgan fingerprint density at radius 2 is 2.16 bits per heavy atom. The van der Waals surface area contributed by atoms with Gasteiger partial charge in [-0.1, -0.05) is 32.9 Å². The maximum absolute atomic E-state index is 12.9. The first-order chi connectivity index (χ1) is 11.9. The normalized spacial score (nSPS) is 20.0. The van der Waals surface area contributed by atoms with Crippen LogP contribution < -0.4 is 5.32 Å². The van der Waals surface area contributed by atoms with Crippen molar-refractivity contribution in [3.63, 3.8) is 0 Å². The Morgan fingerprint density at radius 1 is 1.40 bits per heavy atom. The first-order valence-corrected chi connectivity index (χ1v) is 9.91. The van der Waals surface area contributed by atoms with Crippen molar-refractivity contribution in [1.82, 2.24) is 4.90 Å². The zero-order valence-corrected chi connectivity index (χ0v) is 16.3. The molecule has 0 bridgehead atoms. The van der Waals surface area contributed by atoms with E-state index in [0.29, 0.717) is 18.3 Å². The van der Waals surface area contributed by atoms with Crippen LogP contribution in [0.4, 0.5) is 10.5 Å². The van der Waals surface area contributed by atoms with Crippen LogP contribution in [0.25, 0.3) is 0 Å². The molecule has 25 heavy (non-hydrogen) atoms. The van der Waals surface area contributed by atoms with Crippen LogP contribution in [-0.4, -0.2) is 40.7 Å². The summed E-state index contributed by atoms with van der Waals surface area (Å²) < 4.78 is 5.30. The lowest BCUT2D eigenvalue weighted by molar-refractivity contribution is -0.147. The lowest BCUT2D eigenvalue weighted by atomic mass is 10.1. The van der Waals surface area contributed by atoms with Gasteiger partial charge in [0, 0.05) is 11.4 Å². The number of esters is 1. The summed E-state index contributed by atoms with van der Waals surface area (Å²) in [5.41, 5.74) is 1.82. The monoisotopic (exact) mass is 364 g/mol. The molecule has 5 nitrogen and oxygen atoms in total. The van der Waals surface area contributed by atoms with Gasteiger partial charge in [0.2, 0.25) is 0 Å². The molecule has 2 unspecified atom stereocenters. The minimum absolute atomic E-state index is 0.0102. The van der Waals surface area contributed by atoms with Crippen molar-refractivity contribution in [1.29, 1.82) is 0 Å². The van der Waals surface area contributed by atoms with Gasteiger partial charge in [-0.3, -0.25) is 4.90 Å². The molecule has 1 fully saturated rings. The van der Waals surface area contributed by atoms with E-state index in [1.807, 2.05) is 38.1 Å². The number of thioether (sulfide) groups is 1. The lowest BCUT2D eigenvalue weighted by Gasteiger charge is -2.29. The molecule has 0 aromatic heterocycles. The number of urea groups is 1. The van der Waals surface area contributed by atoms with Gasteiger partial charge in [0.25, 0.3) is 0 Å². The van der Waals surface area contributed by atoms with Crippen LogP contribution in [-0.2, 0) is 9.53 Å². The second kappa shape index (κ2) is 9.13. The Hall–Kier alpha value is -1.69. The molecule has 0 radical (unpaired) electrons. The highest BCUT2D eigenvalue weighted by Gasteiger charge is 2.42. The first-order valence-electron chi connectivity index (χ1n) is 8.86. The summed E-state index contributed by atoms with van der Waals surface area (Å²) in [4.78, 5) is 27.0. The number of amides is 2. The Kier molecular flexibility index (Phi) is 7.17. The number of benzene rings is 1. The molecule has 1 aromatic carbocycles. The molecule has 6 heteroatoms. The van der Waals surface area contributed by atoms with E-state index in [1.165, 1.54) is 0 Å². The highest BCUT2D eigenvalue weighted by atomic mass is 32.2. The number of hydrogen-bond donors (Lipinski definition) is 1. The third kappa shape index (κ3) is 5.39. The molecule has 138 valence electrons. The van der Waals surface area contributed by atoms with Crippen LogP contribution in [0, 0.1) is 12.8 Å². The fourth-order valence-corrected chi connectivity index (χ4v) is 4.44. The van der Waals surface area contributed by atoms with Crippen LogP contribution in [0.15, 0.2) is 24.3 Å². The van der Waals surface area contributed by atoms with Crippen LogP contribution in [0.2, 0.25) is 0 Å². The summed E-state index contributed by atoms with van der Waals surface area (Å²) in [7, 11) is 0.